The molecule has 1 heterocycles. The first-order chi connectivity index (χ1) is 13.4. The van der Waals surface area contributed by atoms with Crippen LogP contribution >= 0.6 is 0 Å². The number of benzene rings is 2. The Hall–Kier alpha value is -4.01. The van der Waals surface area contributed by atoms with Crippen LogP contribution in [0.5, 0.6) is 0 Å². The zero-order valence-electron chi connectivity index (χ0n) is 14.6. The Morgan fingerprint density at radius 3 is 2.46 bits per heavy atom. The van der Waals surface area contributed by atoms with Gasteiger partial charge in [0.2, 0.25) is 0 Å². The predicted molar refractivity (Wildman–Crippen MR) is 103 cm³/mol. The summed E-state index contributed by atoms with van der Waals surface area (Å²) in [6.07, 6.45) is 1.83. The number of nitrogen functional groups attached to an aromatic ring is 1. The molecule has 0 unspecified atom stereocenters. The summed E-state index contributed by atoms with van der Waals surface area (Å²) in [5.74, 6) is -1.16. The number of halogens is 1. The number of urea groups is 1. The molecule has 3 amide bonds. The lowest BCUT2D eigenvalue weighted by Gasteiger charge is -2.09. The van der Waals surface area contributed by atoms with Gasteiger partial charge in [0.1, 0.15) is 5.82 Å². The van der Waals surface area contributed by atoms with E-state index in [0.29, 0.717) is 23.5 Å². The molecular weight excluding hydrogens is 363 g/mol. The molecule has 0 spiro atoms. The molecule has 1 aromatic heterocycles. The van der Waals surface area contributed by atoms with Crippen LogP contribution in [-0.4, -0.2) is 21.9 Å². The fraction of sp³-hybridized carbons (Fsp3) is 0.0526. The number of hydrogen-bond acceptors (Lipinski definition) is 5. The average Bonchev–Trinajstić information content (AvgIpc) is 2.65. The number of amides is 3. The largest absolute Gasteiger partial charge is 0.382 e. The highest BCUT2D eigenvalue weighted by molar-refractivity contribution is 5.99. The zero-order chi connectivity index (χ0) is 20.1. The van der Waals surface area contributed by atoms with Crippen LogP contribution in [0.4, 0.5) is 26.4 Å². The number of carbonyl (C=O) groups excluding carboxylic acids is 2. The topological polar surface area (TPSA) is 136 Å². The van der Waals surface area contributed by atoms with E-state index < -0.39 is 11.9 Å². The second kappa shape index (κ2) is 8.12. The highest BCUT2D eigenvalue weighted by Gasteiger charge is 2.11. The van der Waals surface area contributed by atoms with Crippen molar-refractivity contribution in [2.75, 3.05) is 16.4 Å². The molecule has 0 radical (unpaired) electrons. The third-order valence-corrected chi connectivity index (χ3v) is 3.76. The SMILES string of the molecule is NC(=O)c1nc(Cc2cccc(NC(=O)Nc3ccc(F)cc3)c2)cnc1N. The van der Waals surface area contributed by atoms with Crippen LogP contribution in [0.15, 0.2) is 54.7 Å². The summed E-state index contributed by atoms with van der Waals surface area (Å²) in [4.78, 5) is 31.5. The lowest BCUT2D eigenvalue weighted by atomic mass is 10.1. The Morgan fingerprint density at radius 1 is 1.04 bits per heavy atom. The predicted octanol–water partition coefficient (Wildman–Crippen LogP) is 2.53. The van der Waals surface area contributed by atoms with Gasteiger partial charge >= 0.3 is 6.03 Å². The maximum atomic E-state index is 12.9. The Labute approximate surface area is 159 Å². The molecule has 9 heteroatoms. The third-order valence-electron chi connectivity index (χ3n) is 3.76. The number of carbonyl (C=O) groups is 2. The highest BCUT2D eigenvalue weighted by atomic mass is 19.1. The average molecular weight is 380 g/mol. The summed E-state index contributed by atoms with van der Waals surface area (Å²) in [5.41, 5.74) is 13.1. The van der Waals surface area contributed by atoms with E-state index in [-0.39, 0.29) is 17.3 Å². The lowest BCUT2D eigenvalue weighted by molar-refractivity contribution is 0.0996. The summed E-state index contributed by atoms with van der Waals surface area (Å²) in [6, 6.07) is 12.0. The standard InChI is InChI=1S/C19H17FN6O2/c20-12-4-6-13(7-5-12)25-19(28)26-14-3-1-2-11(8-14)9-15-10-23-17(21)16(24-15)18(22)27/h1-8,10H,9H2,(H2,21,23)(H2,22,27)(H2,25,26,28). The summed E-state index contributed by atoms with van der Waals surface area (Å²) < 4.78 is 12.9. The van der Waals surface area contributed by atoms with Gasteiger partial charge in [0, 0.05) is 17.8 Å². The van der Waals surface area contributed by atoms with Gasteiger partial charge in [-0.2, -0.15) is 0 Å². The molecule has 2 aromatic carbocycles. The van der Waals surface area contributed by atoms with Crippen LogP contribution in [-0.2, 0) is 6.42 Å². The van der Waals surface area contributed by atoms with Crippen molar-refractivity contribution in [1.82, 2.24) is 9.97 Å². The first-order valence-corrected chi connectivity index (χ1v) is 8.24. The van der Waals surface area contributed by atoms with E-state index in [9.17, 15) is 14.0 Å². The van der Waals surface area contributed by atoms with Crippen molar-refractivity contribution in [2.45, 2.75) is 6.42 Å². The van der Waals surface area contributed by atoms with Crippen molar-refractivity contribution in [2.24, 2.45) is 5.73 Å². The number of nitrogens with zero attached hydrogens (tertiary/aromatic N) is 2. The van der Waals surface area contributed by atoms with Crippen molar-refractivity contribution in [3.63, 3.8) is 0 Å². The number of nitrogens with two attached hydrogens (primary N) is 2. The van der Waals surface area contributed by atoms with Gasteiger partial charge < -0.3 is 22.1 Å². The normalized spacial score (nSPS) is 10.3. The lowest BCUT2D eigenvalue weighted by Crippen LogP contribution is -2.19. The minimum atomic E-state index is -0.750. The fourth-order valence-corrected chi connectivity index (χ4v) is 2.50. The van der Waals surface area contributed by atoms with Gasteiger partial charge in [-0.3, -0.25) is 4.79 Å². The van der Waals surface area contributed by atoms with Crippen molar-refractivity contribution in [3.05, 3.63) is 77.5 Å². The van der Waals surface area contributed by atoms with E-state index in [1.807, 2.05) is 6.07 Å². The molecule has 3 aromatic rings. The van der Waals surface area contributed by atoms with Crippen LogP contribution in [0.25, 0.3) is 0 Å². The van der Waals surface area contributed by atoms with Gasteiger partial charge in [-0.25, -0.2) is 19.2 Å². The number of aromatic nitrogens is 2. The van der Waals surface area contributed by atoms with Crippen molar-refractivity contribution >= 4 is 29.1 Å². The van der Waals surface area contributed by atoms with E-state index >= 15 is 0 Å². The quantitative estimate of drug-likeness (QED) is 0.539. The number of rotatable bonds is 5. The molecule has 28 heavy (non-hydrogen) atoms. The Kier molecular flexibility index (Phi) is 5.45. The van der Waals surface area contributed by atoms with Gasteiger partial charge in [0.25, 0.3) is 5.91 Å². The maximum Gasteiger partial charge on any atom is 0.323 e. The molecule has 6 N–H and O–H groups in total. The molecule has 8 nitrogen and oxygen atoms in total. The van der Waals surface area contributed by atoms with E-state index in [2.05, 4.69) is 20.6 Å². The van der Waals surface area contributed by atoms with E-state index in [4.69, 9.17) is 11.5 Å². The monoisotopic (exact) mass is 380 g/mol. The first-order valence-electron chi connectivity index (χ1n) is 8.24. The molecule has 0 saturated carbocycles. The first kappa shape index (κ1) is 18.8. The van der Waals surface area contributed by atoms with E-state index in [1.165, 1.54) is 30.5 Å². The van der Waals surface area contributed by atoms with Gasteiger partial charge in [0.15, 0.2) is 11.5 Å². The Bertz CT molecular complexity index is 1020. The smallest absolute Gasteiger partial charge is 0.323 e. The van der Waals surface area contributed by atoms with Crippen molar-refractivity contribution < 1.29 is 14.0 Å². The maximum absolute atomic E-state index is 12.9. The summed E-state index contributed by atoms with van der Waals surface area (Å²) in [6.45, 7) is 0. The van der Waals surface area contributed by atoms with Crippen LogP contribution in [0, 0.1) is 5.82 Å². The number of anilines is 3. The Morgan fingerprint density at radius 2 is 1.75 bits per heavy atom. The van der Waals surface area contributed by atoms with Crippen LogP contribution in [0.3, 0.4) is 0 Å². The second-order valence-corrected chi connectivity index (χ2v) is 5.92. The summed E-state index contributed by atoms with van der Waals surface area (Å²) in [5, 5.41) is 5.30. The van der Waals surface area contributed by atoms with Gasteiger partial charge in [0.05, 0.1) is 11.9 Å². The third kappa shape index (κ3) is 4.79. The van der Waals surface area contributed by atoms with Crippen LogP contribution in [0.2, 0.25) is 0 Å². The molecule has 142 valence electrons. The van der Waals surface area contributed by atoms with Gasteiger partial charge in [-0.1, -0.05) is 12.1 Å². The minimum absolute atomic E-state index is 0.0240. The minimum Gasteiger partial charge on any atom is -0.382 e. The van der Waals surface area contributed by atoms with Gasteiger partial charge in [-0.15, -0.1) is 0 Å². The molecule has 0 aliphatic heterocycles. The van der Waals surface area contributed by atoms with E-state index in [1.54, 1.807) is 18.2 Å². The molecule has 0 saturated heterocycles. The number of nitrogens with one attached hydrogen (secondary N) is 2. The molecule has 0 atom stereocenters. The zero-order valence-corrected chi connectivity index (χ0v) is 14.6. The summed E-state index contributed by atoms with van der Waals surface area (Å²) >= 11 is 0. The molecule has 0 aliphatic rings. The molecule has 0 fully saturated rings. The number of primary amides is 1. The summed E-state index contributed by atoms with van der Waals surface area (Å²) in [7, 11) is 0. The molecule has 3 rings (SSSR count). The van der Waals surface area contributed by atoms with Crippen LogP contribution in [0.1, 0.15) is 21.7 Å². The fourth-order valence-electron chi connectivity index (χ4n) is 2.50. The van der Waals surface area contributed by atoms with Crippen molar-refractivity contribution in [3.8, 4) is 0 Å². The van der Waals surface area contributed by atoms with Crippen LogP contribution < -0.4 is 22.1 Å². The molecule has 0 aliphatic carbocycles. The second-order valence-electron chi connectivity index (χ2n) is 5.92. The van der Waals surface area contributed by atoms with Crippen molar-refractivity contribution in [1.29, 1.82) is 0 Å². The van der Waals surface area contributed by atoms with E-state index in [0.717, 1.165) is 5.56 Å². The molecule has 0 bridgehead atoms. The van der Waals surface area contributed by atoms with Gasteiger partial charge in [-0.05, 0) is 42.0 Å². The Balaban J connectivity index is 1.68. The molecular formula is C19H17FN6O2. The number of hydrogen-bond donors (Lipinski definition) is 4. The highest BCUT2D eigenvalue weighted by Crippen LogP contribution is 2.16.